The Morgan fingerprint density at radius 1 is 1.16 bits per heavy atom. The molecule has 3 aromatic rings. The Labute approximate surface area is 150 Å². The van der Waals surface area contributed by atoms with E-state index < -0.39 is 0 Å². The van der Waals surface area contributed by atoms with Gasteiger partial charge in [0.15, 0.2) is 5.82 Å². The van der Waals surface area contributed by atoms with Crippen molar-refractivity contribution in [3.8, 4) is 23.1 Å². The van der Waals surface area contributed by atoms with Crippen LogP contribution in [0.5, 0.6) is 11.8 Å². The molecule has 0 aliphatic heterocycles. The minimum Gasteiger partial charge on any atom is -0.496 e. The van der Waals surface area contributed by atoms with Crippen LogP contribution in [0.15, 0.2) is 48.5 Å². The fourth-order valence-corrected chi connectivity index (χ4v) is 2.60. The number of para-hydroxylation sites is 1. The van der Waals surface area contributed by atoms with E-state index in [9.17, 15) is 4.79 Å². The minimum absolute atomic E-state index is 0.112. The Morgan fingerprint density at radius 2 is 1.88 bits per heavy atom. The van der Waals surface area contributed by atoms with E-state index in [0.29, 0.717) is 34.3 Å². The average Bonchev–Trinajstić information content (AvgIpc) is 3.05. The van der Waals surface area contributed by atoms with Crippen LogP contribution in [0.3, 0.4) is 0 Å². The Morgan fingerprint density at radius 3 is 2.60 bits per heavy atom. The lowest BCUT2D eigenvalue weighted by molar-refractivity contribution is 0.0942. The van der Waals surface area contributed by atoms with Crippen LogP contribution in [0.25, 0.3) is 11.4 Å². The van der Waals surface area contributed by atoms with Crippen LogP contribution in [0, 0.1) is 0 Å². The zero-order valence-electron chi connectivity index (χ0n) is 13.8. The second-order valence-electron chi connectivity index (χ2n) is 5.05. The van der Waals surface area contributed by atoms with Crippen LogP contribution in [0.2, 0.25) is 5.02 Å². The van der Waals surface area contributed by atoms with Crippen LogP contribution in [0.1, 0.15) is 17.3 Å². The van der Waals surface area contributed by atoms with Crippen molar-refractivity contribution >= 4 is 17.5 Å². The molecule has 0 aliphatic carbocycles. The molecule has 128 valence electrons. The van der Waals surface area contributed by atoms with Gasteiger partial charge in [-0.2, -0.15) is 9.67 Å². The number of hydrogen-bond donors (Lipinski definition) is 0. The number of aromatic nitrogens is 3. The molecule has 25 heavy (non-hydrogen) atoms. The molecule has 0 bridgehead atoms. The van der Waals surface area contributed by atoms with Gasteiger partial charge in [0, 0.05) is 5.56 Å². The lowest BCUT2D eigenvalue weighted by Gasteiger charge is -2.09. The van der Waals surface area contributed by atoms with Crippen molar-refractivity contribution in [2.45, 2.75) is 6.92 Å². The molecule has 2 aromatic carbocycles. The first-order chi connectivity index (χ1) is 12.2. The van der Waals surface area contributed by atoms with E-state index in [1.54, 1.807) is 42.5 Å². The van der Waals surface area contributed by atoms with Crippen molar-refractivity contribution in [2.75, 3.05) is 13.7 Å². The highest BCUT2D eigenvalue weighted by Crippen LogP contribution is 2.29. The van der Waals surface area contributed by atoms with Gasteiger partial charge in [0.25, 0.3) is 5.91 Å². The van der Waals surface area contributed by atoms with E-state index in [4.69, 9.17) is 21.1 Å². The number of carbonyl (C=O) groups is 1. The molecule has 0 atom stereocenters. The number of methoxy groups -OCH3 is 1. The van der Waals surface area contributed by atoms with Gasteiger partial charge in [0.1, 0.15) is 5.75 Å². The molecule has 0 saturated heterocycles. The summed E-state index contributed by atoms with van der Waals surface area (Å²) in [5.41, 5.74) is 0.956. The standard InChI is InChI=1S/C18H16ClN3O3/c1-3-25-18-20-16(12-8-4-6-10-14(12)19)22(21-18)17(23)13-9-5-7-11-15(13)24-2/h4-11H,3H2,1-2H3. The SMILES string of the molecule is CCOc1nc(-c2ccccc2Cl)n(C(=O)c2ccccc2OC)n1. The van der Waals surface area contributed by atoms with Crippen molar-refractivity contribution in [3.05, 3.63) is 59.1 Å². The van der Waals surface area contributed by atoms with Crippen LogP contribution in [0.4, 0.5) is 0 Å². The van der Waals surface area contributed by atoms with Crippen LogP contribution in [-0.2, 0) is 0 Å². The molecule has 0 aliphatic rings. The highest BCUT2D eigenvalue weighted by Gasteiger charge is 2.23. The number of carbonyl (C=O) groups excluding carboxylic acids is 1. The maximum atomic E-state index is 13.0. The van der Waals surface area contributed by atoms with Crippen molar-refractivity contribution in [1.29, 1.82) is 0 Å². The lowest BCUT2D eigenvalue weighted by Crippen LogP contribution is -2.16. The van der Waals surface area contributed by atoms with Gasteiger partial charge in [-0.05, 0) is 31.2 Å². The molecule has 0 radical (unpaired) electrons. The summed E-state index contributed by atoms with van der Waals surface area (Å²) in [7, 11) is 1.51. The molecule has 0 fully saturated rings. The molecule has 0 spiro atoms. The van der Waals surface area contributed by atoms with Gasteiger partial charge in [-0.3, -0.25) is 4.79 Å². The van der Waals surface area contributed by atoms with E-state index in [1.807, 2.05) is 13.0 Å². The highest BCUT2D eigenvalue weighted by molar-refractivity contribution is 6.33. The largest absolute Gasteiger partial charge is 0.496 e. The number of benzene rings is 2. The third-order valence-electron chi connectivity index (χ3n) is 3.51. The smallest absolute Gasteiger partial charge is 0.336 e. The van der Waals surface area contributed by atoms with E-state index in [2.05, 4.69) is 10.1 Å². The van der Waals surface area contributed by atoms with Gasteiger partial charge in [-0.25, -0.2) is 0 Å². The van der Waals surface area contributed by atoms with Crippen molar-refractivity contribution in [1.82, 2.24) is 14.8 Å². The quantitative estimate of drug-likeness (QED) is 0.696. The maximum Gasteiger partial charge on any atom is 0.336 e. The van der Waals surface area contributed by atoms with E-state index >= 15 is 0 Å². The molecular formula is C18H16ClN3O3. The summed E-state index contributed by atoms with van der Waals surface area (Å²) in [6, 6.07) is 14.1. The summed E-state index contributed by atoms with van der Waals surface area (Å²) in [4.78, 5) is 17.3. The molecule has 0 saturated carbocycles. The number of ether oxygens (including phenoxy) is 2. The number of halogens is 1. The number of hydrogen-bond acceptors (Lipinski definition) is 5. The summed E-state index contributed by atoms with van der Waals surface area (Å²) >= 11 is 6.27. The zero-order valence-corrected chi connectivity index (χ0v) is 14.5. The predicted octanol–water partition coefficient (Wildman–Crippen LogP) is 3.69. The van der Waals surface area contributed by atoms with E-state index in [1.165, 1.54) is 11.8 Å². The third kappa shape index (κ3) is 3.34. The molecule has 6 nitrogen and oxygen atoms in total. The summed E-state index contributed by atoms with van der Waals surface area (Å²) in [6.45, 7) is 2.20. The summed E-state index contributed by atoms with van der Waals surface area (Å²) in [6.07, 6.45) is 0. The first-order valence-electron chi connectivity index (χ1n) is 7.68. The summed E-state index contributed by atoms with van der Waals surface area (Å²) in [5.74, 6) is 0.377. The van der Waals surface area contributed by atoms with Crippen LogP contribution >= 0.6 is 11.6 Å². The first kappa shape index (κ1) is 17.0. The fraction of sp³-hybridized carbons (Fsp3) is 0.167. The van der Waals surface area contributed by atoms with Crippen LogP contribution < -0.4 is 9.47 Å². The summed E-state index contributed by atoms with van der Waals surface area (Å²) < 4.78 is 11.8. The van der Waals surface area contributed by atoms with Crippen LogP contribution in [-0.4, -0.2) is 34.4 Å². The van der Waals surface area contributed by atoms with Gasteiger partial charge < -0.3 is 9.47 Å². The second-order valence-corrected chi connectivity index (χ2v) is 5.46. The average molecular weight is 358 g/mol. The molecule has 3 rings (SSSR count). The van der Waals surface area contributed by atoms with Gasteiger partial charge in [0.2, 0.25) is 0 Å². The van der Waals surface area contributed by atoms with E-state index in [0.717, 1.165) is 0 Å². The number of rotatable bonds is 5. The monoisotopic (exact) mass is 357 g/mol. The van der Waals surface area contributed by atoms with Gasteiger partial charge in [0.05, 0.1) is 24.3 Å². The zero-order chi connectivity index (χ0) is 17.8. The van der Waals surface area contributed by atoms with E-state index in [-0.39, 0.29) is 11.9 Å². The molecular weight excluding hydrogens is 342 g/mol. The normalized spacial score (nSPS) is 10.5. The van der Waals surface area contributed by atoms with Crippen molar-refractivity contribution < 1.29 is 14.3 Å². The van der Waals surface area contributed by atoms with Crippen molar-refractivity contribution in [3.63, 3.8) is 0 Å². The molecule has 0 unspecified atom stereocenters. The van der Waals surface area contributed by atoms with Gasteiger partial charge in [-0.1, -0.05) is 35.9 Å². The van der Waals surface area contributed by atoms with Gasteiger partial charge in [-0.15, -0.1) is 5.10 Å². The number of nitrogens with zero attached hydrogens (tertiary/aromatic N) is 3. The molecule has 0 N–H and O–H groups in total. The molecule has 1 heterocycles. The Balaban J connectivity index is 2.15. The lowest BCUT2D eigenvalue weighted by atomic mass is 10.1. The summed E-state index contributed by atoms with van der Waals surface area (Å²) in [5, 5.41) is 4.65. The predicted molar refractivity (Wildman–Crippen MR) is 94.4 cm³/mol. The van der Waals surface area contributed by atoms with Gasteiger partial charge >= 0.3 is 6.01 Å². The first-order valence-corrected chi connectivity index (χ1v) is 8.06. The highest BCUT2D eigenvalue weighted by atomic mass is 35.5. The topological polar surface area (TPSA) is 66.2 Å². The fourth-order valence-electron chi connectivity index (χ4n) is 2.38. The maximum absolute atomic E-state index is 13.0. The Bertz CT molecular complexity index is 908. The minimum atomic E-state index is -0.383. The van der Waals surface area contributed by atoms with Crippen molar-refractivity contribution in [2.24, 2.45) is 0 Å². The molecule has 0 amide bonds. The second kappa shape index (κ2) is 7.36. The Kier molecular flexibility index (Phi) is 5.00. The molecule has 7 heteroatoms. The molecule has 1 aromatic heterocycles. The Hall–Kier alpha value is -2.86. The third-order valence-corrected chi connectivity index (χ3v) is 3.84.